The molecule has 4 rings (SSSR count). The Morgan fingerprint density at radius 2 is 1.89 bits per heavy atom. The van der Waals surface area contributed by atoms with Crippen LogP contribution < -0.4 is 10.2 Å². The Morgan fingerprint density at radius 1 is 1.15 bits per heavy atom. The molecule has 1 fully saturated rings. The minimum atomic E-state index is -0.967. The van der Waals surface area contributed by atoms with Crippen molar-refractivity contribution in [1.82, 2.24) is 0 Å². The number of para-hydroxylation sites is 1. The van der Waals surface area contributed by atoms with Gasteiger partial charge in [0.15, 0.2) is 0 Å². The van der Waals surface area contributed by atoms with Crippen LogP contribution >= 0.6 is 11.6 Å². The number of anilines is 2. The van der Waals surface area contributed by atoms with Crippen LogP contribution in [0, 0.1) is 19.3 Å². The fourth-order valence-electron chi connectivity index (χ4n) is 3.97. The van der Waals surface area contributed by atoms with Crippen LogP contribution in [0.4, 0.5) is 11.4 Å². The van der Waals surface area contributed by atoms with Gasteiger partial charge in [0.05, 0.1) is 10.7 Å². The molecule has 2 amide bonds. The standard InChI is InChI=1S/C22H23ClN2O2/c1-14-12-15(2)19(17(23)13-14)24-20(26)22(9-10-22)21(27)25-11-5-7-16-6-3-4-8-18(16)25/h3-4,6,8,12-13H,5,7,9-11H2,1-2H3,(H,24,26). The average Bonchev–Trinajstić information content (AvgIpc) is 3.45. The van der Waals surface area contributed by atoms with Crippen molar-refractivity contribution in [2.24, 2.45) is 5.41 Å². The summed E-state index contributed by atoms with van der Waals surface area (Å²) in [6.07, 6.45) is 3.05. The number of carbonyl (C=O) groups excluding carboxylic acids is 2. The van der Waals surface area contributed by atoms with Crippen LogP contribution in [0.15, 0.2) is 36.4 Å². The van der Waals surface area contributed by atoms with Gasteiger partial charge in [-0.3, -0.25) is 9.59 Å². The van der Waals surface area contributed by atoms with E-state index in [-0.39, 0.29) is 11.8 Å². The molecule has 2 aromatic carbocycles. The first-order valence-electron chi connectivity index (χ1n) is 9.40. The second kappa shape index (κ2) is 6.68. The normalized spacial score (nSPS) is 17.2. The highest BCUT2D eigenvalue weighted by Gasteiger charge is 2.58. The van der Waals surface area contributed by atoms with E-state index >= 15 is 0 Å². The molecule has 0 bridgehead atoms. The van der Waals surface area contributed by atoms with Gasteiger partial charge < -0.3 is 10.2 Å². The number of hydrogen-bond donors (Lipinski definition) is 1. The lowest BCUT2D eigenvalue weighted by atomic mass is 9.97. The van der Waals surface area contributed by atoms with Crippen LogP contribution in [0.1, 0.15) is 36.0 Å². The molecule has 0 aromatic heterocycles. The molecular weight excluding hydrogens is 360 g/mol. The van der Waals surface area contributed by atoms with E-state index in [1.165, 1.54) is 5.56 Å². The summed E-state index contributed by atoms with van der Waals surface area (Å²) in [7, 11) is 0. The highest BCUT2D eigenvalue weighted by molar-refractivity contribution is 6.34. The van der Waals surface area contributed by atoms with E-state index in [1.807, 2.05) is 44.2 Å². The first-order chi connectivity index (χ1) is 12.9. The van der Waals surface area contributed by atoms with E-state index in [0.29, 0.717) is 30.1 Å². The molecular formula is C22H23ClN2O2. The molecule has 0 radical (unpaired) electrons. The summed E-state index contributed by atoms with van der Waals surface area (Å²) in [5.41, 5.74) is 3.69. The number of halogens is 1. The van der Waals surface area contributed by atoms with Gasteiger partial charge in [-0.25, -0.2) is 0 Å². The second-order valence-corrected chi connectivity index (χ2v) is 8.07. The fourth-order valence-corrected chi connectivity index (χ4v) is 4.34. The quantitative estimate of drug-likeness (QED) is 0.785. The molecule has 0 atom stereocenters. The Bertz CT molecular complexity index is 911. The molecule has 4 nitrogen and oxygen atoms in total. The smallest absolute Gasteiger partial charge is 0.242 e. The number of fused-ring (bicyclic) bond motifs is 1. The Kier molecular flexibility index (Phi) is 4.47. The maximum atomic E-state index is 13.3. The van der Waals surface area contributed by atoms with Gasteiger partial charge in [-0.05, 0) is 68.4 Å². The van der Waals surface area contributed by atoms with E-state index in [2.05, 4.69) is 11.4 Å². The molecule has 0 unspecified atom stereocenters. The maximum Gasteiger partial charge on any atom is 0.242 e. The predicted molar refractivity (Wildman–Crippen MR) is 108 cm³/mol. The van der Waals surface area contributed by atoms with Crippen molar-refractivity contribution < 1.29 is 9.59 Å². The van der Waals surface area contributed by atoms with Crippen molar-refractivity contribution in [1.29, 1.82) is 0 Å². The summed E-state index contributed by atoms with van der Waals surface area (Å²) in [4.78, 5) is 28.2. The number of carbonyl (C=O) groups is 2. The first kappa shape index (κ1) is 18.1. The Labute approximate surface area is 164 Å². The third kappa shape index (κ3) is 3.12. The van der Waals surface area contributed by atoms with E-state index in [1.54, 1.807) is 4.90 Å². The zero-order chi connectivity index (χ0) is 19.2. The second-order valence-electron chi connectivity index (χ2n) is 7.66. The third-order valence-corrected chi connectivity index (χ3v) is 5.92. The SMILES string of the molecule is Cc1cc(C)c(NC(=O)C2(C(=O)N3CCCc4ccccc43)CC2)c(Cl)c1. The number of nitrogens with one attached hydrogen (secondary N) is 1. The van der Waals surface area contributed by atoms with Gasteiger partial charge in [0.2, 0.25) is 11.8 Å². The zero-order valence-electron chi connectivity index (χ0n) is 15.6. The van der Waals surface area contributed by atoms with Crippen molar-refractivity contribution in [3.8, 4) is 0 Å². The van der Waals surface area contributed by atoms with Crippen molar-refractivity contribution in [2.45, 2.75) is 39.5 Å². The third-order valence-electron chi connectivity index (χ3n) is 5.62. The largest absolute Gasteiger partial charge is 0.324 e. The molecule has 1 heterocycles. The molecule has 1 aliphatic carbocycles. The monoisotopic (exact) mass is 382 g/mol. The van der Waals surface area contributed by atoms with Gasteiger partial charge in [0.1, 0.15) is 5.41 Å². The lowest BCUT2D eigenvalue weighted by Gasteiger charge is -2.32. The summed E-state index contributed by atoms with van der Waals surface area (Å²) in [5, 5.41) is 3.44. The highest BCUT2D eigenvalue weighted by atomic mass is 35.5. The molecule has 5 heteroatoms. The van der Waals surface area contributed by atoms with E-state index in [0.717, 1.165) is 29.7 Å². The van der Waals surface area contributed by atoms with E-state index in [9.17, 15) is 9.59 Å². The Balaban J connectivity index is 1.60. The highest BCUT2D eigenvalue weighted by Crippen LogP contribution is 2.50. The minimum absolute atomic E-state index is 0.0898. The van der Waals surface area contributed by atoms with Crippen LogP contribution in [0.5, 0.6) is 0 Å². The molecule has 0 saturated heterocycles. The Hall–Kier alpha value is -2.33. The topological polar surface area (TPSA) is 49.4 Å². The molecule has 2 aliphatic rings. The van der Waals surface area contributed by atoms with E-state index in [4.69, 9.17) is 11.6 Å². The van der Waals surface area contributed by atoms with Crippen LogP contribution in [0.3, 0.4) is 0 Å². The summed E-state index contributed by atoms with van der Waals surface area (Å²) in [6, 6.07) is 11.8. The summed E-state index contributed by atoms with van der Waals surface area (Å²) in [6.45, 7) is 4.54. The molecule has 140 valence electrons. The molecule has 0 spiro atoms. The summed E-state index contributed by atoms with van der Waals surface area (Å²) in [5.74, 6) is -0.336. The van der Waals surface area contributed by atoms with Gasteiger partial charge in [0, 0.05) is 12.2 Å². The predicted octanol–water partition coefficient (Wildman–Crippen LogP) is 4.65. The number of amides is 2. The lowest BCUT2D eigenvalue weighted by molar-refractivity contribution is -0.132. The lowest BCUT2D eigenvalue weighted by Crippen LogP contribution is -2.45. The van der Waals surface area contributed by atoms with Crippen molar-refractivity contribution in [2.75, 3.05) is 16.8 Å². The number of nitrogens with zero attached hydrogens (tertiary/aromatic N) is 1. The summed E-state index contributed by atoms with van der Waals surface area (Å²) < 4.78 is 0. The average molecular weight is 383 g/mol. The molecule has 1 saturated carbocycles. The number of hydrogen-bond acceptors (Lipinski definition) is 2. The first-order valence-corrected chi connectivity index (χ1v) is 9.78. The van der Waals surface area contributed by atoms with Crippen molar-refractivity contribution >= 4 is 34.8 Å². The van der Waals surface area contributed by atoms with Gasteiger partial charge in [0.25, 0.3) is 0 Å². The molecule has 1 N–H and O–H groups in total. The van der Waals surface area contributed by atoms with E-state index < -0.39 is 5.41 Å². The van der Waals surface area contributed by atoms with Crippen LogP contribution in [-0.4, -0.2) is 18.4 Å². The van der Waals surface area contributed by atoms with Crippen LogP contribution in [-0.2, 0) is 16.0 Å². The van der Waals surface area contributed by atoms with Crippen molar-refractivity contribution in [3.63, 3.8) is 0 Å². The van der Waals surface area contributed by atoms with Crippen molar-refractivity contribution in [3.05, 3.63) is 58.1 Å². The fraction of sp³-hybridized carbons (Fsp3) is 0.364. The van der Waals surface area contributed by atoms with Gasteiger partial charge in [-0.1, -0.05) is 35.9 Å². The van der Waals surface area contributed by atoms with Gasteiger partial charge in [-0.15, -0.1) is 0 Å². The molecule has 27 heavy (non-hydrogen) atoms. The van der Waals surface area contributed by atoms with Crippen LogP contribution in [0.2, 0.25) is 5.02 Å². The Morgan fingerprint density at radius 3 is 2.59 bits per heavy atom. The number of rotatable bonds is 3. The number of aryl methyl sites for hydroxylation is 3. The van der Waals surface area contributed by atoms with Gasteiger partial charge in [-0.2, -0.15) is 0 Å². The maximum absolute atomic E-state index is 13.3. The zero-order valence-corrected chi connectivity index (χ0v) is 16.4. The number of benzene rings is 2. The van der Waals surface area contributed by atoms with Crippen LogP contribution in [0.25, 0.3) is 0 Å². The molecule has 1 aliphatic heterocycles. The molecule has 2 aromatic rings. The minimum Gasteiger partial charge on any atom is -0.324 e. The van der Waals surface area contributed by atoms with Gasteiger partial charge >= 0.3 is 0 Å². The summed E-state index contributed by atoms with van der Waals surface area (Å²) >= 11 is 6.33.